The number of fused-ring (bicyclic) bond motifs is 1. The minimum absolute atomic E-state index is 0.0544. The van der Waals surface area contributed by atoms with Crippen LogP contribution < -0.4 is 10.6 Å². The zero-order chi connectivity index (χ0) is 20.5. The highest BCUT2D eigenvalue weighted by Gasteiger charge is 2.33. The number of anilines is 1. The lowest BCUT2D eigenvalue weighted by Gasteiger charge is -2.27. The molecule has 1 aromatic heterocycles. The Morgan fingerprint density at radius 2 is 1.93 bits per heavy atom. The zero-order valence-electron chi connectivity index (χ0n) is 15.5. The Balaban J connectivity index is 1.68. The number of amides is 2. The number of benzene rings is 2. The standard InChI is InChI=1S/C21H18F2N4O2/c1-27-9-8-24-20(27)19(12-2-4-13(22)5-3-12)26-21(29)16-11-18(28)25-17-10-14(23)6-7-15(16)17/h2-10,16,19H,11H2,1H3,(H,25,28)(H,26,29)/t16-,19-/m0/s1. The van der Waals surface area contributed by atoms with E-state index in [0.717, 1.165) is 0 Å². The van der Waals surface area contributed by atoms with Crippen LogP contribution in [0.1, 0.15) is 35.3 Å². The van der Waals surface area contributed by atoms with Crippen LogP contribution in [0.25, 0.3) is 0 Å². The molecule has 0 spiro atoms. The highest BCUT2D eigenvalue weighted by molar-refractivity contribution is 6.01. The Bertz CT molecular complexity index is 1080. The van der Waals surface area contributed by atoms with Gasteiger partial charge in [0.05, 0.1) is 5.92 Å². The number of halogens is 2. The summed E-state index contributed by atoms with van der Waals surface area (Å²) >= 11 is 0. The van der Waals surface area contributed by atoms with Crippen molar-refractivity contribution in [3.8, 4) is 0 Å². The largest absolute Gasteiger partial charge is 0.342 e. The molecule has 0 unspecified atom stereocenters. The molecule has 29 heavy (non-hydrogen) atoms. The molecule has 6 nitrogen and oxygen atoms in total. The maximum atomic E-state index is 13.6. The van der Waals surface area contributed by atoms with Crippen LogP contribution in [0.2, 0.25) is 0 Å². The van der Waals surface area contributed by atoms with Crippen molar-refractivity contribution < 1.29 is 18.4 Å². The zero-order valence-corrected chi connectivity index (χ0v) is 15.5. The molecule has 2 aromatic carbocycles. The lowest BCUT2D eigenvalue weighted by Crippen LogP contribution is -2.38. The van der Waals surface area contributed by atoms with Gasteiger partial charge in [-0.2, -0.15) is 0 Å². The first-order valence-electron chi connectivity index (χ1n) is 9.04. The van der Waals surface area contributed by atoms with E-state index in [1.165, 1.54) is 30.3 Å². The number of carbonyl (C=O) groups is 2. The smallest absolute Gasteiger partial charge is 0.229 e. The van der Waals surface area contributed by atoms with Crippen molar-refractivity contribution in [2.45, 2.75) is 18.4 Å². The van der Waals surface area contributed by atoms with Gasteiger partial charge in [0.1, 0.15) is 23.5 Å². The monoisotopic (exact) mass is 396 g/mol. The summed E-state index contributed by atoms with van der Waals surface area (Å²) in [7, 11) is 1.79. The van der Waals surface area contributed by atoms with E-state index in [0.29, 0.717) is 17.0 Å². The van der Waals surface area contributed by atoms with Crippen molar-refractivity contribution in [3.63, 3.8) is 0 Å². The molecule has 4 rings (SSSR count). The van der Waals surface area contributed by atoms with Gasteiger partial charge in [-0.25, -0.2) is 13.8 Å². The maximum absolute atomic E-state index is 13.6. The topological polar surface area (TPSA) is 76.0 Å². The van der Waals surface area contributed by atoms with Crippen LogP contribution in [0.15, 0.2) is 54.9 Å². The van der Waals surface area contributed by atoms with E-state index in [4.69, 9.17) is 0 Å². The molecule has 0 saturated carbocycles. The van der Waals surface area contributed by atoms with Gasteiger partial charge in [0.15, 0.2) is 0 Å². The number of hydrogen-bond acceptors (Lipinski definition) is 3. The third kappa shape index (κ3) is 3.73. The van der Waals surface area contributed by atoms with Crippen LogP contribution >= 0.6 is 0 Å². The third-order valence-electron chi connectivity index (χ3n) is 4.98. The lowest BCUT2D eigenvalue weighted by atomic mass is 9.89. The summed E-state index contributed by atoms with van der Waals surface area (Å²) in [6.45, 7) is 0. The van der Waals surface area contributed by atoms with Gasteiger partial charge in [-0.05, 0) is 35.4 Å². The number of aromatic nitrogens is 2. The quantitative estimate of drug-likeness (QED) is 0.712. The molecule has 0 saturated heterocycles. The van der Waals surface area contributed by atoms with Crippen LogP contribution in [0.3, 0.4) is 0 Å². The molecule has 0 radical (unpaired) electrons. The maximum Gasteiger partial charge on any atom is 0.229 e. The SMILES string of the molecule is Cn1ccnc1[C@@H](NC(=O)[C@H]1CC(=O)Nc2cc(F)ccc21)c1ccc(F)cc1. The summed E-state index contributed by atoms with van der Waals surface area (Å²) in [4.78, 5) is 29.5. The number of imidazole rings is 1. The summed E-state index contributed by atoms with van der Waals surface area (Å²) in [5, 5.41) is 5.52. The minimum Gasteiger partial charge on any atom is -0.342 e. The predicted molar refractivity (Wildman–Crippen MR) is 102 cm³/mol. The normalized spacial score (nSPS) is 16.7. The number of nitrogens with zero attached hydrogens (tertiary/aromatic N) is 2. The van der Waals surface area contributed by atoms with Crippen molar-refractivity contribution in [3.05, 3.63) is 83.4 Å². The molecular weight excluding hydrogens is 378 g/mol. The molecule has 148 valence electrons. The molecule has 2 N–H and O–H groups in total. The van der Waals surface area contributed by atoms with Gasteiger partial charge in [0, 0.05) is 31.5 Å². The third-order valence-corrected chi connectivity index (χ3v) is 4.98. The average molecular weight is 396 g/mol. The van der Waals surface area contributed by atoms with Crippen LogP contribution in [-0.4, -0.2) is 21.4 Å². The van der Waals surface area contributed by atoms with E-state index in [1.807, 2.05) is 0 Å². The van der Waals surface area contributed by atoms with Crippen molar-refractivity contribution in [2.75, 3.05) is 5.32 Å². The minimum atomic E-state index is -0.775. The van der Waals surface area contributed by atoms with E-state index in [1.54, 1.807) is 36.1 Å². The molecule has 2 amide bonds. The van der Waals surface area contributed by atoms with Crippen LogP contribution in [0.4, 0.5) is 14.5 Å². The Hall–Kier alpha value is -3.55. The second kappa shape index (κ2) is 7.46. The Morgan fingerprint density at radius 3 is 2.62 bits per heavy atom. The molecule has 0 bridgehead atoms. The van der Waals surface area contributed by atoms with Crippen LogP contribution in [-0.2, 0) is 16.6 Å². The summed E-state index contributed by atoms with van der Waals surface area (Å²) in [5.74, 6) is -1.86. The number of rotatable bonds is 4. The molecule has 2 atom stereocenters. The summed E-state index contributed by atoms with van der Waals surface area (Å²) in [6.07, 6.45) is 3.29. The van der Waals surface area contributed by atoms with E-state index >= 15 is 0 Å². The van der Waals surface area contributed by atoms with Crippen molar-refractivity contribution >= 4 is 17.5 Å². The average Bonchev–Trinajstić information content (AvgIpc) is 3.11. The predicted octanol–water partition coefficient (Wildman–Crippen LogP) is 3.03. The molecule has 8 heteroatoms. The van der Waals surface area contributed by atoms with Crippen molar-refractivity contribution in [1.29, 1.82) is 0 Å². The summed E-state index contributed by atoms with van der Waals surface area (Å²) < 4.78 is 28.7. The number of hydrogen-bond donors (Lipinski definition) is 2. The summed E-state index contributed by atoms with van der Waals surface area (Å²) in [6, 6.07) is 9.08. The van der Waals surface area contributed by atoms with E-state index in [-0.39, 0.29) is 18.0 Å². The fourth-order valence-electron chi connectivity index (χ4n) is 3.52. The second-order valence-electron chi connectivity index (χ2n) is 6.93. The van der Waals surface area contributed by atoms with Gasteiger partial charge < -0.3 is 15.2 Å². The molecule has 2 heterocycles. The van der Waals surface area contributed by atoms with Gasteiger partial charge >= 0.3 is 0 Å². The fourth-order valence-corrected chi connectivity index (χ4v) is 3.52. The first kappa shape index (κ1) is 18.8. The molecule has 3 aromatic rings. The van der Waals surface area contributed by atoms with Crippen LogP contribution in [0.5, 0.6) is 0 Å². The molecule has 1 aliphatic heterocycles. The van der Waals surface area contributed by atoms with Crippen molar-refractivity contribution in [2.24, 2.45) is 7.05 Å². The molecule has 0 aliphatic carbocycles. The Morgan fingerprint density at radius 1 is 1.21 bits per heavy atom. The van der Waals surface area contributed by atoms with Crippen molar-refractivity contribution in [1.82, 2.24) is 14.9 Å². The molecule has 0 fully saturated rings. The Kier molecular flexibility index (Phi) is 4.84. The number of nitrogens with one attached hydrogen (secondary N) is 2. The van der Waals surface area contributed by atoms with E-state index in [2.05, 4.69) is 15.6 Å². The molecular formula is C21H18F2N4O2. The Labute approximate surface area is 165 Å². The van der Waals surface area contributed by atoms with Crippen LogP contribution in [0, 0.1) is 11.6 Å². The van der Waals surface area contributed by atoms with Gasteiger partial charge in [-0.3, -0.25) is 9.59 Å². The first-order chi connectivity index (χ1) is 13.9. The summed E-state index contributed by atoms with van der Waals surface area (Å²) in [5.41, 5.74) is 1.48. The first-order valence-corrected chi connectivity index (χ1v) is 9.04. The van der Waals surface area contributed by atoms with E-state index in [9.17, 15) is 18.4 Å². The van der Waals surface area contributed by atoms with E-state index < -0.39 is 29.5 Å². The lowest BCUT2D eigenvalue weighted by molar-refractivity contribution is -0.126. The van der Waals surface area contributed by atoms with Gasteiger partial charge in [-0.15, -0.1) is 0 Å². The number of carbonyl (C=O) groups excluding carboxylic acids is 2. The molecule has 1 aliphatic rings. The van der Waals surface area contributed by atoms with Gasteiger partial charge in [-0.1, -0.05) is 18.2 Å². The van der Waals surface area contributed by atoms with Gasteiger partial charge in [0.25, 0.3) is 0 Å². The van der Waals surface area contributed by atoms with Gasteiger partial charge in [0.2, 0.25) is 11.8 Å². The highest BCUT2D eigenvalue weighted by Crippen LogP contribution is 2.34. The highest BCUT2D eigenvalue weighted by atomic mass is 19.1. The second-order valence-corrected chi connectivity index (χ2v) is 6.93. The fraction of sp³-hybridized carbons (Fsp3) is 0.190. The number of aryl methyl sites for hydroxylation is 1.